The number of benzene rings is 1. The van der Waals surface area contributed by atoms with Crippen LogP contribution in [-0.4, -0.2) is 19.2 Å². The maximum atomic E-state index is 6.22. The monoisotopic (exact) mass is 284 g/mol. The highest BCUT2D eigenvalue weighted by atomic mass is 35.5. The molecule has 1 aromatic carbocycles. The molecule has 1 unspecified atom stereocenters. The second-order valence-corrected chi connectivity index (χ2v) is 4.70. The molecular weight excluding hydrogens is 271 g/mol. The van der Waals surface area contributed by atoms with Gasteiger partial charge in [-0.3, -0.25) is 5.73 Å². The van der Waals surface area contributed by atoms with E-state index >= 15 is 0 Å². The Hall–Kier alpha value is -1.23. The number of halogens is 2. The Kier molecular flexibility index (Phi) is 3.80. The first kappa shape index (κ1) is 13.2. The zero-order valence-electron chi connectivity index (χ0n) is 10.1. The second kappa shape index (κ2) is 5.18. The quantitative estimate of drug-likeness (QED) is 0.741. The SMILES string of the molecule is CNC1=NC(N)NC(c2cccc(Cl)c2Cl)=C1C. The van der Waals surface area contributed by atoms with Gasteiger partial charge in [0, 0.05) is 18.2 Å². The van der Waals surface area contributed by atoms with Gasteiger partial charge in [0.25, 0.3) is 0 Å². The molecule has 4 nitrogen and oxygen atoms in total. The van der Waals surface area contributed by atoms with E-state index in [9.17, 15) is 0 Å². The first-order chi connectivity index (χ1) is 8.54. The first-order valence-corrected chi connectivity index (χ1v) is 6.23. The van der Waals surface area contributed by atoms with E-state index in [0.29, 0.717) is 10.0 Å². The lowest BCUT2D eigenvalue weighted by Crippen LogP contribution is -2.42. The molecular formula is C12H14Cl2N4. The van der Waals surface area contributed by atoms with Gasteiger partial charge in [0.05, 0.1) is 15.7 Å². The molecule has 0 saturated heterocycles. The van der Waals surface area contributed by atoms with Gasteiger partial charge in [-0.2, -0.15) is 0 Å². The van der Waals surface area contributed by atoms with Gasteiger partial charge in [0.15, 0.2) is 6.29 Å². The Labute approximate surface area is 116 Å². The summed E-state index contributed by atoms with van der Waals surface area (Å²) in [6.45, 7) is 1.95. The van der Waals surface area contributed by atoms with Crippen LogP contribution in [0.2, 0.25) is 10.0 Å². The van der Waals surface area contributed by atoms with Crippen LogP contribution in [0.15, 0.2) is 28.8 Å². The third-order valence-electron chi connectivity index (χ3n) is 2.75. The van der Waals surface area contributed by atoms with E-state index in [-0.39, 0.29) is 0 Å². The molecule has 1 heterocycles. The molecule has 0 spiro atoms. The van der Waals surface area contributed by atoms with Crippen molar-refractivity contribution in [2.75, 3.05) is 7.05 Å². The van der Waals surface area contributed by atoms with Crippen molar-refractivity contribution in [1.29, 1.82) is 0 Å². The van der Waals surface area contributed by atoms with Crippen LogP contribution in [0.5, 0.6) is 0 Å². The number of nitrogens with one attached hydrogen (secondary N) is 2. The topological polar surface area (TPSA) is 62.4 Å². The molecule has 4 N–H and O–H groups in total. The van der Waals surface area contributed by atoms with E-state index in [1.54, 1.807) is 13.1 Å². The zero-order chi connectivity index (χ0) is 13.3. The van der Waals surface area contributed by atoms with Crippen LogP contribution in [-0.2, 0) is 0 Å². The van der Waals surface area contributed by atoms with E-state index in [4.69, 9.17) is 28.9 Å². The highest BCUT2D eigenvalue weighted by molar-refractivity contribution is 6.43. The first-order valence-electron chi connectivity index (χ1n) is 5.48. The zero-order valence-corrected chi connectivity index (χ0v) is 11.6. The lowest BCUT2D eigenvalue weighted by molar-refractivity contribution is 0.640. The van der Waals surface area contributed by atoms with E-state index in [1.165, 1.54) is 0 Å². The van der Waals surface area contributed by atoms with E-state index < -0.39 is 6.29 Å². The van der Waals surface area contributed by atoms with Crippen molar-refractivity contribution < 1.29 is 0 Å². The summed E-state index contributed by atoms with van der Waals surface area (Å²) in [4.78, 5) is 4.25. The number of nitrogens with zero attached hydrogens (tertiary/aromatic N) is 1. The van der Waals surface area contributed by atoms with Gasteiger partial charge in [-0.1, -0.05) is 35.3 Å². The molecule has 18 heavy (non-hydrogen) atoms. The van der Waals surface area contributed by atoms with E-state index in [0.717, 1.165) is 22.7 Å². The second-order valence-electron chi connectivity index (χ2n) is 3.92. The van der Waals surface area contributed by atoms with Crippen molar-refractivity contribution in [1.82, 2.24) is 10.6 Å². The summed E-state index contributed by atoms with van der Waals surface area (Å²) in [7, 11) is 1.80. The Balaban J connectivity index is 2.56. The lowest BCUT2D eigenvalue weighted by Gasteiger charge is -2.25. The minimum Gasteiger partial charge on any atom is -0.373 e. The number of aliphatic imine (C=N–C) groups is 1. The molecule has 0 aliphatic carbocycles. The van der Waals surface area contributed by atoms with Crippen LogP contribution in [0.4, 0.5) is 0 Å². The van der Waals surface area contributed by atoms with Gasteiger partial charge >= 0.3 is 0 Å². The summed E-state index contributed by atoms with van der Waals surface area (Å²) < 4.78 is 0. The summed E-state index contributed by atoms with van der Waals surface area (Å²) in [6.07, 6.45) is -0.499. The molecule has 96 valence electrons. The van der Waals surface area contributed by atoms with E-state index in [2.05, 4.69) is 15.6 Å². The van der Waals surface area contributed by atoms with Gasteiger partial charge in [0.1, 0.15) is 5.84 Å². The number of likely N-dealkylation sites (N-methyl/N-ethyl adjacent to an activating group) is 1. The third-order valence-corrected chi connectivity index (χ3v) is 3.57. The van der Waals surface area contributed by atoms with Crippen LogP contribution in [0.3, 0.4) is 0 Å². The lowest BCUT2D eigenvalue weighted by atomic mass is 10.1. The van der Waals surface area contributed by atoms with Crippen molar-refractivity contribution in [3.63, 3.8) is 0 Å². The van der Waals surface area contributed by atoms with Gasteiger partial charge in [0.2, 0.25) is 0 Å². The highest BCUT2D eigenvalue weighted by Gasteiger charge is 2.20. The molecule has 1 atom stereocenters. The summed E-state index contributed by atoms with van der Waals surface area (Å²) in [6, 6.07) is 5.49. The molecule has 0 aromatic heterocycles. The Morgan fingerprint density at radius 3 is 2.78 bits per heavy atom. The fraction of sp³-hybridized carbons (Fsp3) is 0.250. The normalized spacial score (nSPS) is 19.4. The molecule has 1 aliphatic heterocycles. The average Bonchev–Trinajstić information content (AvgIpc) is 2.35. The summed E-state index contributed by atoms with van der Waals surface area (Å²) in [5.74, 6) is 0.743. The number of rotatable bonds is 1. The summed E-state index contributed by atoms with van der Waals surface area (Å²) in [5, 5.41) is 7.13. The average molecular weight is 285 g/mol. The third kappa shape index (κ3) is 2.32. The number of hydrogen-bond acceptors (Lipinski definition) is 4. The van der Waals surface area contributed by atoms with Crippen LogP contribution < -0.4 is 16.4 Å². The van der Waals surface area contributed by atoms with E-state index in [1.807, 2.05) is 19.1 Å². The van der Waals surface area contributed by atoms with Crippen LogP contribution in [0.25, 0.3) is 5.70 Å². The van der Waals surface area contributed by atoms with Crippen molar-refractivity contribution in [3.05, 3.63) is 39.4 Å². The Morgan fingerprint density at radius 1 is 1.39 bits per heavy atom. The van der Waals surface area contributed by atoms with Crippen molar-refractivity contribution >= 4 is 34.7 Å². The highest BCUT2D eigenvalue weighted by Crippen LogP contribution is 2.31. The molecule has 0 fully saturated rings. The van der Waals surface area contributed by atoms with Gasteiger partial charge in [-0.05, 0) is 13.0 Å². The summed E-state index contributed by atoms with van der Waals surface area (Å²) in [5.41, 5.74) is 8.44. The maximum absolute atomic E-state index is 6.22. The molecule has 0 amide bonds. The molecule has 1 aromatic rings. The van der Waals surface area contributed by atoms with Gasteiger partial charge in [-0.15, -0.1) is 0 Å². The van der Waals surface area contributed by atoms with Crippen LogP contribution in [0, 0.1) is 0 Å². The molecule has 6 heteroatoms. The number of nitrogens with two attached hydrogens (primary N) is 1. The Morgan fingerprint density at radius 2 is 2.11 bits per heavy atom. The maximum Gasteiger partial charge on any atom is 0.173 e. The molecule has 0 saturated carbocycles. The largest absolute Gasteiger partial charge is 0.373 e. The van der Waals surface area contributed by atoms with Crippen molar-refractivity contribution in [2.24, 2.45) is 10.7 Å². The molecule has 0 bridgehead atoms. The molecule has 2 rings (SSSR count). The van der Waals surface area contributed by atoms with Crippen molar-refractivity contribution in [2.45, 2.75) is 13.2 Å². The predicted octanol–water partition coefficient (Wildman–Crippen LogP) is 2.19. The molecule has 1 aliphatic rings. The van der Waals surface area contributed by atoms with Crippen molar-refractivity contribution in [3.8, 4) is 0 Å². The minimum atomic E-state index is -0.499. The van der Waals surface area contributed by atoms with Crippen LogP contribution >= 0.6 is 23.2 Å². The van der Waals surface area contributed by atoms with Gasteiger partial charge in [-0.25, -0.2) is 4.99 Å². The smallest absolute Gasteiger partial charge is 0.173 e. The van der Waals surface area contributed by atoms with Crippen LogP contribution in [0.1, 0.15) is 12.5 Å². The fourth-order valence-electron chi connectivity index (χ4n) is 1.87. The summed E-state index contributed by atoms with van der Waals surface area (Å²) >= 11 is 12.3. The van der Waals surface area contributed by atoms with Gasteiger partial charge < -0.3 is 10.6 Å². The number of amidine groups is 1. The fourth-order valence-corrected chi connectivity index (χ4v) is 2.27. The number of hydrogen-bond donors (Lipinski definition) is 3. The minimum absolute atomic E-state index is 0.499. The standard InChI is InChI=1S/C12H14Cl2N4/c1-6-10(17-12(15)18-11(6)16-2)7-4-3-5-8(13)9(7)14/h3-5,12,17H,15H2,1-2H3,(H,16,18). The predicted molar refractivity (Wildman–Crippen MR) is 76.7 cm³/mol. The molecule has 0 radical (unpaired) electrons. The Bertz CT molecular complexity index is 537.